The number of rotatable bonds is 7. The number of ether oxygens (including phenoxy) is 1. The molecule has 2 rings (SSSR count). The minimum Gasteiger partial charge on any atom is -0.466 e. The molecule has 4 nitrogen and oxygen atoms in total. The second kappa shape index (κ2) is 8.29. The van der Waals surface area contributed by atoms with Crippen LogP contribution in [0.3, 0.4) is 0 Å². The summed E-state index contributed by atoms with van der Waals surface area (Å²) in [6, 6.07) is 14.2. The lowest BCUT2D eigenvalue weighted by atomic mass is 10.1. The van der Waals surface area contributed by atoms with Crippen molar-refractivity contribution in [1.29, 1.82) is 0 Å². The van der Waals surface area contributed by atoms with Crippen molar-refractivity contribution in [2.24, 2.45) is 5.92 Å². The third-order valence-corrected chi connectivity index (χ3v) is 3.38. The predicted molar refractivity (Wildman–Crippen MR) is 87.2 cm³/mol. The monoisotopic (exact) mass is 298 g/mol. The van der Waals surface area contributed by atoms with Crippen molar-refractivity contribution in [2.45, 2.75) is 20.4 Å². The number of esters is 1. The lowest BCUT2D eigenvalue weighted by Crippen LogP contribution is -2.27. The Bertz CT molecular complexity index is 582. The molecule has 1 aromatic carbocycles. The van der Waals surface area contributed by atoms with Crippen LogP contribution in [0.1, 0.15) is 19.4 Å². The van der Waals surface area contributed by atoms with Gasteiger partial charge < -0.3 is 10.1 Å². The standard InChI is InChI=1S/C18H22N2O2/c1-3-22-18(21)14(2)12-19-13-15-7-9-16(10-8-15)17-6-4-5-11-20-17/h4-11,14,19H,3,12-13H2,1-2H3. The summed E-state index contributed by atoms with van der Waals surface area (Å²) in [4.78, 5) is 15.9. The zero-order chi connectivity index (χ0) is 15.8. The van der Waals surface area contributed by atoms with E-state index < -0.39 is 0 Å². The Balaban J connectivity index is 1.83. The van der Waals surface area contributed by atoms with Crippen LogP contribution < -0.4 is 5.32 Å². The van der Waals surface area contributed by atoms with Crippen molar-refractivity contribution in [2.75, 3.05) is 13.2 Å². The first-order valence-electron chi connectivity index (χ1n) is 7.58. The number of hydrogen-bond acceptors (Lipinski definition) is 4. The largest absolute Gasteiger partial charge is 0.466 e. The summed E-state index contributed by atoms with van der Waals surface area (Å²) in [7, 11) is 0. The first-order chi connectivity index (χ1) is 10.7. The van der Waals surface area contributed by atoms with E-state index in [0.717, 1.165) is 17.8 Å². The van der Waals surface area contributed by atoms with E-state index in [1.807, 2.05) is 32.0 Å². The molecule has 1 atom stereocenters. The van der Waals surface area contributed by atoms with Gasteiger partial charge in [0.1, 0.15) is 0 Å². The van der Waals surface area contributed by atoms with E-state index in [0.29, 0.717) is 13.2 Å². The van der Waals surface area contributed by atoms with Gasteiger partial charge in [-0.05, 0) is 24.6 Å². The fourth-order valence-electron chi connectivity index (χ4n) is 2.13. The Morgan fingerprint density at radius 2 is 2.00 bits per heavy atom. The van der Waals surface area contributed by atoms with Gasteiger partial charge in [0.25, 0.3) is 0 Å². The molecular weight excluding hydrogens is 276 g/mol. The number of carbonyl (C=O) groups is 1. The van der Waals surface area contributed by atoms with Crippen LogP contribution in [0.25, 0.3) is 11.3 Å². The van der Waals surface area contributed by atoms with Crippen LogP contribution in [0, 0.1) is 5.92 Å². The van der Waals surface area contributed by atoms with Crippen molar-refractivity contribution >= 4 is 5.97 Å². The van der Waals surface area contributed by atoms with Gasteiger partial charge in [-0.3, -0.25) is 9.78 Å². The second-order valence-electron chi connectivity index (χ2n) is 5.20. The number of benzene rings is 1. The molecule has 0 fully saturated rings. The average Bonchev–Trinajstić information content (AvgIpc) is 2.56. The highest BCUT2D eigenvalue weighted by molar-refractivity contribution is 5.72. The minimum atomic E-state index is -0.152. The smallest absolute Gasteiger partial charge is 0.309 e. The van der Waals surface area contributed by atoms with E-state index in [1.165, 1.54) is 5.56 Å². The van der Waals surface area contributed by atoms with Gasteiger partial charge in [-0.1, -0.05) is 37.3 Å². The van der Waals surface area contributed by atoms with Crippen molar-refractivity contribution in [1.82, 2.24) is 10.3 Å². The molecule has 1 unspecified atom stereocenters. The van der Waals surface area contributed by atoms with E-state index in [9.17, 15) is 4.79 Å². The molecule has 116 valence electrons. The Hall–Kier alpha value is -2.20. The molecule has 0 saturated heterocycles. The zero-order valence-electron chi connectivity index (χ0n) is 13.1. The molecule has 4 heteroatoms. The fraction of sp³-hybridized carbons (Fsp3) is 0.333. The summed E-state index contributed by atoms with van der Waals surface area (Å²) in [6.07, 6.45) is 1.79. The Labute approximate surface area is 131 Å². The normalized spacial score (nSPS) is 11.9. The van der Waals surface area contributed by atoms with E-state index in [2.05, 4.69) is 34.6 Å². The summed E-state index contributed by atoms with van der Waals surface area (Å²) in [6.45, 7) is 5.46. The van der Waals surface area contributed by atoms with E-state index >= 15 is 0 Å². The second-order valence-corrected chi connectivity index (χ2v) is 5.20. The van der Waals surface area contributed by atoms with Crippen LogP contribution in [0.4, 0.5) is 0 Å². The van der Waals surface area contributed by atoms with E-state index in [4.69, 9.17) is 4.74 Å². The molecule has 0 saturated carbocycles. The SMILES string of the molecule is CCOC(=O)C(C)CNCc1ccc(-c2ccccn2)cc1. The van der Waals surface area contributed by atoms with Gasteiger partial charge in [0.2, 0.25) is 0 Å². The van der Waals surface area contributed by atoms with E-state index in [-0.39, 0.29) is 11.9 Å². The van der Waals surface area contributed by atoms with Gasteiger partial charge in [-0.25, -0.2) is 0 Å². The Morgan fingerprint density at radius 1 is 1.23 bits per heavy atom. The molecule has 1 aromatic heterocycles. The molecule has 0 aliphatic carbocycles. The van der Waals surface area contributed by atoms with Gasteiger partial charge in [0.05, 0.1) is 18.2 Å². The Morgan fingerprint density at radius 3 is 2.64 bits per heavy atom. The Kier molecular flexibility index (Phi) is 6.10. The van der Waals surface area contributed by atoms with Crippen molar-refractivity contribution < 1.29 is 9.53 Å². The molecule has 0 aliphatic rings. The first-order valence-corrected chi connectivity index (χ1v) is 7.58. The van der Waals surface area contributed by atoms with Crippen LogP contribution in [-0.2, 0) is 16.1 Å². The summed E-state index contributed by atoms with van der Waals surface area (Å²) >= 11 is 0. The molecule has 2 aromatic rings. The molecule has 0 bridgehead atoms. The average molecular weight is 298 g/mol. The third-order valence-electron chi connectivity index (χ3n) is 3.38. The maximum atomic E-state index is 11.5. The fourth-order valence-corrected chi connectivity index (χ4v) is 2.13. The summed E-state index contributed by atoms with van der Waals surface area (Å²) in [5.74, 6) is -0.284. The van der Waals surface area contributed by atoms with Gasteiger partial charge >= 0.3 is 5.97 Å². The highest BCUT2D eigenvalue weighted by Crippen LogP contribution is 2.16. The molecule has 0 spiro atoms. The molecule has 0 amide bonds. The van der Waals surface area contributed by atoms with Crippen LogP contribution in [0.15, 0.2) is 48.7 Å². The number of carbonyl (C=O) groups excluding carboxylic acids is 1. The highest BCUT2D eigenvalue weighted by atomic mass is 16.5. The zero-order valence-corrected chi connectivity index (χ0v) is 13.1. The molecule has 1 N–H and O–H groups in total. The van der Waals surface area contributed by atoms with Crippen LogP contribution in [-0.4, -0.2) is 24.1 Å². The molecular formula is C18H22N2O2. The van der Waals surface area contributed by atoms with Crippen molar-refractivity contribution in [3.8, 4) is 11.3 Å². The summed E-state index contributed by atoms with van der Waals surface area (Å²) < 4.78 is 4.99. The number of aromatic nitrogens is 1. The topological polar surface area (TPSA) is 51.2 Å². The first kappa shape index (κ1) is 16.2. The number of nitrogens with one attached hydrogen (secondary N) is 1. The lowest BCUT2D eigenvalue weighted by Gasteiger charge is -2.11. The summed E-state index contributed by atoms with van der Waals surface area (Å²) in [5, 5.41) is 3.28. The molecule has 22 heavy (non-hydrogen) atoms. The highest BCUT2D eigenvalue weighted by Gasteiger charge is 2.12. The van der Waals surface area contributed by atoms with Crippen LogP contribution >= 0.6 is 0 Å². The maximum Gasteiger partial charge on any atom is 0.309 e. The van der Waals surface area contributed by atoms with Gasteiger partial charge in [0, 0.05) is 24.8 Å². The maximum absolute atomic E-state index is 11.5. The minimum absolute atomic E-state index is 0.132. The third kappa shape index (κ3) is 4.67. The quantitative estimate of drug-likeness (QED) is 0.798. The predicted octanol–water partition coefficient (Wildman–Crippen LogP) is 3.04. The van der Waals surface area contributed by atoms with Crippen molar-refractivity contribution in [3.63, 3.8) is 0 Å². The van der Waals surface area contributed by atoms with Gasteiger partial charge in [0.15, 0.2) is 0 Å². The molecule has 0 radical (unpaired) electrons. The molecule has 1 heterocycles. The van der Waals surface area contributed by atoms with Crippen LogP contribution in [0.5, 0.6) is 0 Å². The number of nitrogens with zero attached hydrogens (tertiary/aromatic N) is 1. The lowest BCUT2D eigenvalue weighted by molar-refractivity contribution is -0.147. The number of hydrogen-bond donors (Lipinski definition) is 1. The number of pyridine rings is 1. The van der Waals surface area contributed by atoms with Crippen molar-refractivity contribution in [3.05, 3.63) is 54.2 Å². The van der Waals surface area contributed by atoms with E-state index in [1.54, 1.807) is 6.20 Å². The summed E-state index contributed by atoms with van der Waals surface area (Å²) in [5.41, 5.74) is 3.25. The van der Waals surface area contributed by atoms with Gasteiger partial charge in [-0.15, -0.1) is 0 Å². The molecule has 0 aliphatic heterocycles. The van der Waals surface area contributed by atoms with Crippen LogP contribution in [0.2, 0.25) is 0 Å². The van der Waals surface area contributed by atoms with Gasteiger partial charge in [-0.2, -0.15) is 0 Å².